The third kappa shape index (κ3) is 9.69. The van der Waals surface area contributed by atoms with Crippen molar-refractivity contribution in [3.8, 4) is 0 Å². The second-order valence-electron chi connectivity index (χ2n) is 3.92. The molecule has 0 fully saturated rings. The third-order valence-electron chi connectivity index (χ3n) is 2.48. The molecule has 0 aliphatic rings. The summed E-state index contributed by atoms with van der Waals surface area (Å²) < 4.78 is 12.4. The Morgan fingerprint density at radius 1 is 1.00 bits per heavy atom. The highest BCUT2D eigenvalue weighted by Gasteiger charge is 2.02. The average molecular weight is 202 g/mol. The lowest BCUT2D eigenvalue weighted by atomic mass is 10.1. The summed E-state index contributed by atoms with van der Waals surface area (Å²) in [5.74, 6) is 0. The number of alkyl halides is 1. The van der Waals surface area contributed by atoms with E-state index in [0.29, 0.717) is 12.7 Å². The van der Waals surface area contributed by atoms with Crippen molar-refractivity contribution in [1.82, 2.24) is 0 Å². The molecule has 0 bridgehead atoms. The lowest BCUT2D eigenvalue weighted by Crippen LogP contribution is -2.00. The number of unbranched alkanes of at least 4 members (excludes halogenated alkanes) is 7. The minimum atomic E-state index is -1.23. The Bertz CT molecular complexity index is 125. The zero-order chi connectivity index (χ0) is 10.6. The first-order valence-corrected chi connectivity index (χ1v) is 5.90. The summed E-state index contributed by atoms with van der Waals surface area (Å²) in [6.45, 7) is 2.21. The van der Waals surface area contributed by atoms with Gasteiger partial charge in [-0.05, 0) is 6.42 Å². The fraction of sp³-hybridized carbons (Fsp3) is 0.917. The fourth-order valence-corrected chi connectivity index (χ4v) is 1.54. The Morgan fingerprint density at radius 2 is 1.50 bits per heavy atom. The molecule has 2 heteroatoms. The molecule has 1 atom stereocenters. The SMILES string of the molecule is CCCCCCCCCCC(F)C=O. The molecule has 0 aliphatic carbocycles. The molecule has 1 unspecified atom stereocenters. The summed E-state index contributed by atoms with van der Waals surface area (Å²) in [7, 11) is 0. The summed E-state index contributed by atoms with van der Waals surface area (Å²) in [6.07, 6.45) is 9.22. The van der Waals surface area contributed by atoms with Crippen LogP contribution in [0, 0.1) is 0 Å². The lowest BCUT2D eigenvalue weighted by molar-refractivity contribution is -0.112. The monoisotopic (exact) mass is 202 g/mol. The van der Waals surface area contributed by atoms with Crippen LogP contribution in [0.4, 0.5) is 4.39 Å². The maximum Gasteiger partial charge on any atom is 0.155 e. The Hall–Kier alpha value is -0.400. The van der Waals surface area contributed by atoms with Crippen LogP contribution in [0.25, 0.3) is 0 Å². The van der Waals surface area contributed by atoms with Crippen molar-refractivity contribution in [3.63, 3.8) is 0 Å². The second-order valence-corrected chi connectivity index (χ2v) is 3.92. The van der Waals surface area contributed by atoms with Crippen LogP contribution < -0.4 is 0 Å². The Labute approximate surface area is 87.1 Å². The largest absolute Gasteiger partial charge is 0.300 e. The van der Waals surface area contributed by atoms with Crippen LogP contribution in [0.3, 0.4) is 0 Å². The standard InChI is InChI=1S/C12H23FO/c1-2-3-4-5-6-7-8-9-10-12(13)11-14/h11-12H,2-10H2,1H3. The number of rotatable bonds is 10. The van der Waals surface area contributed by atoms with Crippen LogP contribution in [0.5, 0.6) is 0 Å². The summed E-state index contributed by atoms with van der Waals surface area (Å²) in [5, 5.41) is 0. The molecule has 0 rings (SSSR count). The van der Waals surface area contributed by atoms with Crippen molar-refractivity contribution in [2.45, 2.75) is 70.9 Å². The van der Waals surface area contributed by atoms with Gasteiger partial charge in [0.05, 0.1) is 0 Å². The van der Waals surface area contributed by atoms with Gasteiger partial charge in [-0.1, -0.05) is 58.3 Å². The van der Waals surface area contributed by atoms with Gasteiger partial charge in [0, 0.05) is 0 Å². The highest BCUT2D eigenvalue weighted by molar-refractivity contribution is 5.55. The van der Waals surface area contributed by atoms with Gasteiger partial charge in [0.2, 0.25) is 0 Å². The number of aldehydes is 1. The highest BCUT2D eigenvalue weighted by Crippen LogP contribution is 2.10. The Kier molecular flexibility index (Phi) is 10.4. The molecule has 14 heavy (non-hydrogen) atoms. The van der Waals surface area contributed by atoms with Gasteiger partial charge in [-0.3, -0.25) is 0 Å². The van der Waals surface area contributed by atoms with E-state index in [1.54, 1.807) is 0 Å². The molecule has 84 valence electrons. The Balaban J connectivity index is 2.95. The molecule has 0 amide bonds. The van der Waals surface area contributed by atoms with Crippen molar-refractivity contribution >= 4 is 6.29 Å². The molecule has 0 radical (unpaired) electrons. The predicted molar refractivity (Wildman–Crippen MR) is 58.2 cm³/mol. The molecule has 0 N–H and O–H groups in total. The van der Waals surface area contributed by atoms with Crippen LogP contribution in [-0.4, -0.2) is 12.5 Å². The van der Waals surface area contributed by atoms with Crippen LogP contribution in [0.2, 0.25) is 0 Å². The van der Waals surface area contributed by atoms with Crippen molar-refractivity contribution in [2.75, 3.05) is 0 Å². The molecule has 0 aromatic carbocycles. The highest BCUT2D eigenvalue weighted by atomic mass is 19.1. The van der Waals surface area contributed by atoms with Crippen molar-refractivity contribution in [3.05, 3.63) is 0 Å². The predicted octanol–water partition coefficient (Wildman–Crippen LogP) is 4.05. The van der Waals surface area contributed by atoms with E-state index < -0.39 is 6.17 Å². The summed E-state index contributed by atoms with van der Waals surface area (Å²) in [5.41, 5.74) is 0. The maximum absolute atomic E-state index is 12.4. The quantitative estimate of drug-likeness (QED) is 0.386. The number of carbonyl (C=O) groups excluding carboxylic acids is 1. The summed E-state index contributed by atoms with van der Waals surface area (Å²) in [4.78, 5) is 9.97. The molecule has 0 spiro atoms. The molecule has 0 aliphatic heterocycles. The molecular formula is C12H23FO. The first-order chi connectivity index (χ1) is 6.81. The zero-order valence-electron chi connectivity index (χ0n) is 9.30. The van der Waals surface area contributed by atoms with Gasteiger partial charge in [0.15, 0.2) is 12.5 Å². The van der Waals surface area contributed by atoms with E-state index >= 15 is 0 Å². The topological polar surface area (TPSA) is 17.1 Å². The van der Waals surface area contributed by atoms with Crippen LogP contribution in [0.1, 0.15) is 64.7 Å². The average Bonchev–Trinajstić information content (AvgIpc) is 2.21. The zero-order valence-corrected chi connectivity index (χ0v) is 9.30. The van der Waals surface area contributed by atoms with Gasteiger partial charge in [-0.25, -0.2) is 4.39 Å². The number of hydrogen-bond acceptors (Lipinski definition) is 1. The van der Waals surface area contributed by atoms with Crippen LogP contribution in [0.15, 0.2) is 0 Å². The van der Waals surface area contributed by atoms with E-state index in [1.165, 1.54) is 38.5 Å². The first kappa shape index (κ1) is 13.6. The van der Waals surface area contributed by atoms with Crippen molar-refractivity contribution in [2.24, 2.45) is 0 Å². The van der Waals surface area contributed by atoms with Crippen LogP contribution >= 0.6 is 0 Å². The van der Waals surface area contributed by atoms with Gasteiger partial charge in [0.25, 0.3) is 0 Å². The van der Waals surface area contributed by atoms with Gasteiger partial charge in [-0.15, -0.1) is 0 Å². The molecular weight excluding hydrogens is 179 g/mol. The van der Waals surface area contributed by atoms with E-state index in [0.717, 1.165) is 12.8 Å². The van der Waals surface area contributed by atoms with Crippen LogP contribution in [-0.2, 0) is 4.79 Å². The van der Waals surface area contributed by atoms with Gasteiger partial charge in [-0.2, -0.15) is 0 Å². The molecule has 0 saturated carbocycles. The van der Waals surface area contributed by atoms with E-state index in [-0.39, 0.29) is 0 Å². The van der Waals surface area contributed by atoms with Gasteiger partial charge < -0.3 is 4.79 Å². The van der Waals surface area contributed by atoms with Crippen molar-refractivity contribution in [1.29, 1.82) is 0 Å². The minimum Gasteiger partial charge on any atom is -0.300 e. The molecule has 0 aromatic heterocycles. The van der Waals surface area contributed by atoms with Gasteiger partial charge >= 0.3 is 0 Å². The molecule has 1 nitrogen and oxygen atoms in total. The van der Waals surface area contributed by atoms with Crippen molar-refractivity contribution < 1.29 is 9.18 Å². The fourth-order valence-electron chi connectivity index (χ4n) is 1.54. The van der Waals surface area contributed by atoms with E-state index in [9.17, 15) is 9.18 Å². The second kappa shape index (κ2) is 10.7. The Morgan fingerprint density at radius 3 is 2.00 bits per heavy atom. The number of halogens is 1. The maximum atomic E-state index is 12.4. The molecule has 0 heterocycles. The summed E-state index contributed by atoms with van der Waals surface area (Å²) in [6, 6.07) is 0. The molecule has 0 aromatic rings. The van der Waals surface area contributed by atoms with Gasteiger partial charge in [0.1, 0.15) is 0 Å². The number of hydrogen-bond donors (Lipinski definition) is 0. The first-order valence-electron chi connectivity index (χ1n) is 5.90. The third-order valence-corrected chi connectivity index (χ3v) is 2.48. The van der Waals surface area contributed by atoms with E-state index in [4.69, 9.17) is 0 Å². The smallest absolute Gasteiger partial charge is 0.155 e. The summed E-state index contributed by atoms with van der Waals surface area (Å²) >= 11 is 0. The lowest BCUT2D eigenvalue weighted by Gasteiger charge is -2.01. The van der Waals surface area contributed by atoms with E-state index in [2.05, 4.69) is 6.92 Å². The normalized spacial score (nSPS) is 12.7. The number of carbonyl (C=O) groups is 1. The van der Waals surface area contributed by atoms with E-state index in [1.807, 2.05) is 0 Å². The minimum absolute atomic E-state index is 0.404. The molecule has 0 saturated heterocycles.